The average molecular weight is 472 g/mol. The van der Waals surface area contributed by atoms with Gasteiger partial charge in [-0.25, -0.2) is 9.97 Å². The molecule has 3 heterocycles. The molecule has 0 spiro atoms. The van der Waals surface area contributed by atoms with Gasteiger partial charge in [0.2, 0.25) is 5.88 Å². The van der Waals surface area contributed by atoms with E-state index in [4.69, 9.17) is 4.74 Å². The molecule has 0 aliphatic carbocycles. The van der Waals surface area contributed by atoms with Crippen LogP contribution in [0.5, 0.6) is 5.88 Å². The highest BCUT2D eigenvalue weighted by Crippen LogP contribution is 2.38. The first-order valence-electron chi connectivity index (χ1n) is 10.4. The highest BCUT2D eigenvalue weighted by Gasteiger charge is 2.34. The Morgan fingerprint density at radius 3 is 2.71 bits per heavy atom. The van der Waals surface area contributed by atoms with Crippen molar-refractivity contribution in [3.05, 3.63) is 22.8 Å². The van der Waals surface area contributed by atoms with Crippen LogP contribution in [0, 0.1) is 24.2 Å². The first-order chi connectivity index (χ1) is 14.6. The Hall–Kier alpha value is -1.21. The summed E-state index contributed by atoms with van der Waals surface area (Å²) in [5.41, 5.74) is 1.64. The zero-order valence-corrected chi connectivity index (χ0v) is 20.8. The van der Waals surface area contributed by atoms with Gasteiger partial charge >= 0.3 is 6.61 Å². The number of likely N-dealkylation sites (tertiary alicyclic amines) is 1. The summed E-state index contributed by atoms with van der Waals surface area (Å²) in [4.78, 5) is 12.3. The number of aryl methyl sites for hydroxylation is 1. The Morgan fingerprint density at radius 2 is 2.06 bits per heavy atom. The van der Waals surface area contributed by atoms with Crippen LogP contribution in [-0.2, 0) is 11.3 Å². The molecule has 0 saturated carbocycles. The van der Waals surface area contributed by atoms with E-state index in [9.17, 15) is 8.78 Å². The topological polar surface area (TPSA) is 47.5 Å². The second kappa shape index (κ2) is 10.2. The van der Waals surface area contributed by atoms with Gasteiger partial charge in [0.1, 0.15) is 5.01 Å². The second-order valence-electron chi connectivity index (χ2n) is 9.34. The summed E-state index contributed by atoms with van der Waals surface area (Å²) in [5, 5.41) is 1.44. The van der Waals surface area contributed by atoms with Crippen LogP contribution in [0.3, 0.4) is 0 Å². The summed E-state index contributed by atoms with van der Waals surface area (Å²) in [6.45, 7) is 9.50. The van der Waals surface area contributed by atoms with Crippen LogP contribution in [0.25, 0.3) is 10.6 Å². The van der Waals surface area contributed by atoms with Crippen LogP contribution in [0.15, 0.2) is 12.3 Å². The number of hydrogen-bond donors (Lipinski definition) is 0. The molecule has 1 aliphatic rings. The summed E-state index contributed by atoms with van der Waals surface area (Å²) < 4.78 is 35.8. The van der Waals surface area contributed by atoms with Crippen LogP contribution in [0.2, 0.25) is 0 Å². The van der Waals surface area contributed by atoms with Crippen molar-refractivity contribution in [3.63, 3.8) is 0 Å². The van der Waals surface area contributed by atoms with Gasteiger partial charge in [-0.15, -0.1) is 20.6 Å². The number of ether oxygens (including phenoxy) is 2. The van der Waals surface area contributed by atoms with E-state index < -0.39 is 6.61 Å². The molecule has 5 nitrogen and oxygen atoms in total. The molecule has 0 radical (unpaired) electrons. The van der Waals surface area contributed by atoms with Gasteiger partial charge in [0, 0.05) is 37.8 Å². The Morgan fingerprint density at radius 1 is 1.32 bits per heavy atom. The highest BCUT2D eigenvalue weighted by atomic mass is 32.1. The van der Waals surface area contributed by atoms with E-state index in [0.29, 0.717) is 22.4 Å². The zero-order chi connectivity index (χ0) is 22.8. The standard InChI is InChI=1S/C22H32F2N3O2PS/c1-13-18(11-27-9-14(12-28-5)6-15(10-27)22(2,3)4)31-20(26-13)17-7-16(30)8-25-19(17)29-21(23)24/h7-8,14-15,21H,6,9-12,30H2,1-5H3. The summed E-state index contributed by atoms with van der Waals surface area (Å²) in [6.07, 6.45) is 2.66. The lowest BCUT2D eigenvalue weighted by molar-refractivity contribution is -0.0524. The van der Waals surface area contributed by atoms with Crippen LogP contribution in [-0.4, -0.2) is 48.3 Å². The van der Waals surface area contributed by atoms with Gasteiger partial charge in [0.15, 0.2) is 0 Å². The van der Waals surface area contributed by atoms with Gasteiger partial charge in [-0.2, -0.15) is 8.78 Å². The Balaban J connectivity index is 1.84. The van der Waals surface area contributed by atoms with Crippen LogP contribution in [0.4, 0.5) is 8.78 Å². The molecule has 0 N–H and O–H groups in total. The van der Waals surface area contributed by atoms with Crippen LogP contribution >= 0.6 is 20.6 Å². The quantitative estimate of drug-likeness (QED) is 0.546. The van der Waals surface area contributed by atoms with Gasteiger partial charge in [-0.05, 0) is 42.0 Å². The number of hydrogen-bond acceptors (Lipinski definition) is 6. The summed E-state index contributed by atoms with van der Waals surface area (Å²) >= 11 is 1.52. The Kier molecular flexibility index (Phi) is 8.00. The fourth-order valence-corrected chi connectivity index (χ4v) is 5.46. The van der Waals surface area contributed by atoms with Gasteiger partial charge in [-0.3, -0.25) is 4.90 Å². The molecule has 0 aromatic carbocycles. The van der Waals surface area contributed by atoms with E-state index in [1.54, 1.807) is 13.2 Å². The molecule has 0 bridgehead atoms. The van der Waals surface area contributed by atoms with Crippen molar-refractivity contribution in [1.82, 2.24) is 14.9 Å². The monoisotopic (exact) mass is 471 g/mol. The predicted octanol–water partition coefficient (Wildman–Crippen LogP) is 4.75. The van der Waals surface area contributed by atoms with E-state index >= 15 is 0 Å². The molecule has 2 aromatic heterocycles. The fourth-order valence-electron chi connectivity index (χ4n) is 4.11. The molecule has 1 aliphatic heterocycles. The van der Waals surface area contributed by atoms with E-state index in [2.05, 4.69) is 49.6 Å². The minimum absolute atomic E-state index is 0.0903. The lowest BCUT2D eigenvalue weighted by atomic mass is 9.73. The van der Waals surface area contributed by atoms with Gasteiger partial charge in [0.05, 0.1) is 17.9 Å². The number of nitrogens with zero attached hydrogens (tertiary/aromatic N) is 3. The lowest BCUT2D eigenvalue weighted by Crippen LogP contribution is -2.45. The van der Waals surface area contributed by atoms with Gasteiger partial charge in [-0.1, -0.05) is 20.8 Å². The van der Waals surface area contributed by atoms with E-state index in [1.807, 2.05) is 6.92 Å². The van der Waals surface area contributed by atoms with Crippen LogP contribution < -0.4 is 10.0 Å². The van der Waals surface area contributed by atoms with Crippen molar-refractivity contribution < 1.29 is 18.3 Å². The predicted molar refractivity (Wildman–Crippen MR) is 124 cm³/mol. The van der Waals surface area contributed by atoms with Crippen molar-refractivity contribution in [2.75, 3.05) is 26.8 Å². The van der Waals surface area contributed by atoms with E-state index in [1.165, 1.54) is 24.0 Å². The molecular formula is C22H32F2N3O2PS. The maximum Gasteiger partial charge on any atom is 0.388 e. The number of alkyl halides is 2. The number of thiazole rings is 1. The first-order valence-corrected chi connectivity index (χ1v) is 11.8. The first kappa shape index (κ1) is 24.4. The molecular weight excluding hydrogens is 439 g/mol. The van der Waals surface area contributed by atoms with Crippen molar-refractivity contribution in [2.45, 2.75) is 47.3 Å². The Labute approximate surface area is 189 Å². The lowest BCUT2D eigenvalue weighted by Gasteiger charge is -2.43. The molecule has 0 amide bonds. The Bertz CT molecular complexity index is 888. The zero-order valence-electron chi connectivity index (χ0n) is 18.8. The third-order valence-electron chi connectivity index (χ3n) is 5.80. The molecule has 2 aromatic rings. The van der Waals surface area contributed by atoms with Crippen molar-refractivity contribution in [3.8, 4) is 16.5 Å². The van der Waals surface area contributed by atoms with Gasteiger partial charge in [0.25, 0.3) is 0 Å². The highest BCUT2D eigenvalue weighted by molar-refractivity contribution is 7.27. The number of pyridine rings is 1. The third kappa shape index (κ3) is 6.41. The summed E-state index contributed by atoms with van der Waals surface area (Å²) in [7, 11) is 4.30. The number of rotatable bonds is 7. The van der Waals surface area contributed by atoms with Crippen molar-refractivity contribution in [2.24, 2.45) is 17.3 Å². The maximum absolute atomic E-state index is 12.8. The molecule has 9 heteroatoms. The van der Waals surface area contributed by atoms with E-state index in [-0.39, 0.29) is 11.3 Å². The number of piperidine rings is 1. The van der Waals surface area contributed by atoms with Crippen molar-refractivity contribution >= 4 is 25.9 Å². The molecule has 172 valence electrons. The SMILES string of the molecule is COCC1CC(C(C)(C)C)CN(Cc2sc(-c3cc(P)cnc3OC(F)F)nc2C)C1. The normalized spacial score (nSPS) is 20.4. The molecule has 1 fully saturated rings. The summed E-state index contributed by atoms with van der Waals surface area (Å²) in [6, 6.07) is 1.77. The molecule has 3 atom stereocenters. The molecule has 3 unspecified atom stereocenters. The number of halogens is 2. The van der Waals surface area contributed by atoms with Gasteiger partial charge < -0.3 is 9.47 Å². The second-order valence-corrected chi connectivity index (χ2v) is 11.1. The fraction of sp³-hybridized carbons (Fsp3) is 0.636. The van der Waals surface area contributed by atoms with Crippen LogP contribution in [0.1, 0.15) is 37.8 Å². The van der Waals surface area contributed by atoms with E-state index in [0.717, 1.165) is 42.1 Å². The molecule has 3 rings (SSSR count). The average Bonchev–Trinajstić information content (AvgIpc) is 3.02. The smallest absolute Gasteiger partial charge is 0.388 e. The number of aromatic nitrogens is 2. The third-order valence-corrected chi connectivity index (χ3v) is 7.29. The van der Waals surface area contributed by atoms with Crippen molar-refractivity contribution in [1.29, 1.82) is 0 Å². The summed E-state index contributed by atoms with van der Waals surface area (Å²) in [5.74, 6) is 0.991. The number of methoxy groups -OCH3 is 1. The maximum atomic E-state index is 12.8. The minimum Gasteiger partial charge on any atom is -0.416 e. The molecule has 1 saturated heterocycles. The minimum atomic E-state index is -2.93. The largest absolute Gasteiger partial charge is 0.416 e. The molecule has 31 heavy (non-hydrogen) atoms.